The molecule has 1 N–H and O–H groups in total. The van der Waals surface area contributed by atoms with Crippen molar-refractivity contribution in [3.63, 3.8) is 0 Å². The van der Waals surface area contributed by atoms with Gasteiger partial charge in [0.15, 0.2) is 5.96 Å². The second-order valence-electron chi connectivity index (χ2n) is 7.92. The van der Waals surface area contributed by atoms with Crippen molar-refractivity contribution < 1.29 is 13.9 Å². The van der Waals surface area contributed by atoms with E-state index in [4.69, 9.17) is 14.1 Å². The van der Waals surface area contributed by atoms with E-state index < -0.39 is 0 Å². The second kappa shape index (κ2) is 12.5. The Bertz CT molecular complexity index is 680. The fraction of sp³-hybridized carbons (Fsp3) is 0.727. The number of ether oxygens (including phenoxy) is 1. The maximum absolute atomic E-state index is 12.0. The Labute approximate surface area is 197 Å². The van der Waals surface area contributed by atoms with Gasteiger partial charge in [0.05, 0.1) is 25.1 Å². The van der Waals surface area contributed by atoms with Gasteiger partial charge in [-0.1, -0.05) is 0 Å². The second-order valence-corrected chi connectivity index (χ2v) is 7.92. The third kappa shape index (κ3) is 6.60. The van der Waals surface area contributed by atoms with Gasteiger partial charge < -0.3 is 19.4 Å². The number of carbonyl (C=O) groups is 1. The summed E-state index contributed by atoms with van der Waals surface area (Å²) in [7, 11) is 0. The number of nitrogens with zero attached hydrogens (tertiary/aromatic N) is 3. The summed E-state index contributed by atoms with van der Waals surface area (Å²) in [6.07, 6.45) is 4.11. The van der Waals surface area contributed by atoms with Crippen LogP contribution in [0.5, 0.6) is 0 Å². The first-order valence-electron chi connectivity index (χ1n) is 11.1. The molecule has 0 saturated carbocycles. The topological polar surface area (TPSA) is 70.3 Å². The first-order chi connectivity index (χ1) is 14.1. The molecule has 3 rings (SSSR count). The number of aliphatic imine (C=N–C) groups is 1. The minimum atomic E-state index is -0.0589. The van der Waals surface area contributed by atoms with Crippen LogP contribution in [-0.2, 0) is 9.53 Å². The quantitative estimate of drug-likeness (QED) is 0.251. The highest BCUT2D eigenvalue weighted by atomic mass is 127. The monoisotopic (exact) mass is 532 g/mol. The predicted octanol–water partition coefficient (Wildman–Crippen LogP) is 3.58. The molecule has 0 amide bonds. The van der Waals surface area contributed by atoms with Gasteiger partial charge in [-0.05, 0) is 71.7 Å². The zero-order valence-corrected chi connectivity index (χ0v) is 20.9. The van der Waals surface area contributed by atoms with Gasteiger partial charge in [0.2, 0.25) is 0 Å². The van der Waals surface area contributed by atoms with Gasteiger partial charge in [0.25, 0.3) is 0 Å². The number of esters is 1. The van der Waals surface area contributed by atoms with Crippen molar-refractivity contribution in [2.45, 2.75) is 52.5 Å². The maximum atomic E-state index is 12.0. The third-order valence-corrected chi connectivity index (χ3v) is 5.83. The number of nitrogens with one attached hydrogen (secondary N) is 1. The van der Waals surface area contributed by atoms with Crippen LogP contribution in [0.2, 0.25) is 0 Å². The third-order valence-electron chi connectivity index (χ3n) is 5.83. The van der Waals surface area contributed by atoms with E-state index in [9.17, 15) is 4.79 Å². The number of hydrogen-bond acceptors (Lipinski definition) is 5. The van der Waals surface area contributed by atoms with E-state index in [2.05, 4.69) is 28.1 Å². The fourth-order valence-electron chi connectivity index (χ4n) is 4.26. The molecule has 1 aromatic heterocycles. The summed E-state index contributed by atoms with van der Waals surface area (Å²) < 4.78 is 11.2. The highest BCUT2D eigenvalue weighted by Gasteiger charge is 2.29. The molecule has 1 aromatic rings. The standard InChI is InChI=1S/C22H36N4O3.HI/c1-4-23-22(26-14-10-18(11-15-26)21(27)28-5-2)24-16-19(25-12-6-7-13-25)20-9-8-17(3)29-20;/h8-9,18-19H,4-7,10-16H2,1-3H3,(H,23,24);1H. The highest BCUT2D eigenvalue weighted by molar-refractivity contribution is 14.0. The average molecular weight is 532 g/mol. The highest BCUT2D eigenvalue weighted by Crippen LogP contribution is 2.27. The Balaban J connectivity index is 0.00000320. The van der Waals surface area contributed by atoms with Crippen LogP contribution >= 0.6 is 24.0 Å². The molecule has 1 unspecified atom stereocenters. The molecule has 0 aliphatic carbocycles. The summed E-state index contributed by atoms with van der Waals surface area (Å²) in [6.45, 7) is 11.7. The van der Waals surface area contributed by atoms with Crippen LogP contribution in [0, 0.1) is 12.8 Å². The van der Waals surface area contributed by atoms with Gasteiger partial charge in [-0.25, -0.2) is 0 Å². The summed E-state index contributed by atoms with van der Waals surface area (Å²) in [5.74, 6) is 2.84. The van der Waals surface area contributed by atoms with E-state index in [1.54, 1.807) is 0 Å². The summed E-state index contributed by atoms with van der Waals surface area (Å²) in [5, 5.41) is 3.43. The normalized spacial score (nSPS) is 19.4. The smallest absolute Gasteiger partial charge is 0.309 e. The molecule has 0 spiro atoms. The minimum Gasteiger partial charge on any atom is -0.466 e. The van der Waals surface area contributed by atoms with Gasteiger partial charge >= 0.3 is 5.97 Å². The number of carbonyl (C=O) groups excluding carboxylic acids is 1. The number of halogens is 1. The van der Waals surface area contributed by atoms with E-state index in [0.29, 0.717) is 13.2 Å². The lowest BCUT2D eigenvalue weighted by Crippen LogP contribution is -2.47. The molecule has 7 nitrogen and oxygen atoms in total. The number of piperidine rings is 1. The van der Waals surface area contributed by atoms with E-state index in [0.717, 1.165) is 63.0 Å². The lowest BCUT2D eigenvalue weighted by molar-refractivity contribution is -0.149. The number of rotatable bonds is 7. The summed E-state index contributed by atoms with van der Waals surface area (Å²) in [4.78, 5) is 21.8. The zero-order valence-electron chi connectivity index (χ0n) is 18.6. The van der Waals surface area contributed by atoms with Crippen LogP contribution in [0.15, 0.2) is 21.5 Å². The van der Waals surface area contributed by atoms with Crippen LogP contribution in [-0.4, -0.2) is 67.6 Å². The van der Waals surface area contributed by atoms with Gasteiger partial charge in [-0.15, -0.1) is 24.0 Å². The molecular weight excluding hydrogens is 495 g/mol. The first-order valence-corrected chi connectivity index (χ1v) is 11.1. The van der Waals surface area contributed by atoms with Crippen molar-refractivity contribution in [3.05, 3.63) is 23.7 Å². The predicted molar refractivity (Wildman–Crippen MR) is 129 cm³/mol. The van der Waals surface area contributed by atoms with Crippen LogP contribution in [0.3, 0.4) is 0 Å². The maximum Gasteiger partial charge on any atom is 0.309 e. The summed E-state index contributed by atoms with van der Waals surface area (Å²) in [6, 6.07) is 4.30. The molecule has 2 aliphatic heterocycles. The van der Waals surface area contributed by atoms with E-state index >= 15 is 0 Å². The lowest BCUT2D eigenvalue weighted by atomic mass is 9.97. The molecule has 0 bridgehead atoms. The molecule has 1 atom stereocenters. The number of hydrogen-bond donors (Lipinski definition) is 1. The minimum absolute atomic E-state index is 0. The number of aryl methyl sites for hydroxylation is 1. The summed E-state index contributed by atoms with van der Waals surface area (Å²) >= 11 is 0. The van der Waals surface area contributed by atoms with Crippen molar-refractivity contribution in [3.8, 4) is 0 Å². The van der Waals surface area contributed by atoms with Crippen molar-refractivity contribution in [1.29, 1.82) is 0 Å². The lowest BCUT2D eigenvalue weighted by Gasteiger charge is -2.34. The molecular formula is C22H37IN4O3. The van der Waals surface area contributed by atoms with Crippen molar-refractivity contribution in [2.24, 2.45) is 10.9 Å². The molecule has 30 heavy (non-hydrogen) atoms. The van der Waals surface area contributed by atoms with Gasteiger partial charge in [-0.2, -0.15) is 0 Å². The van der Waals surface area contributed by atoms with Crippen molar-refractivity contribution >= 4 is 35.9 Å². The van der Waals surface area contributed by atoms with Crippen LogP contribution in [0.25, 0.3) is 0 Å². The molecule has 3 heterocycles. The zero-order chi connectivity index (χ0) is 20.6. The fourth-order valence-corrected chi connectivity index (χ4v) is 4.26. The molecule has 170 valence electrons. The molecule has 2 saturated heterocycles. The Morgan fingerprint density at radius 2 is 1.93 bits per heavy atom. The van der Waals surface area contributed by atoms with Crippen LogP contribution in [0.4, 0.5) is 0 Å². The molecule has 2 aliphatic rings. The summed E-state index contributed by atoms with van der Waals surface area (Å²) in [5.41, 5.74) is 0. The van der Waals surface area contributed by atoms with Crippen molar-refractivity contribution in [1.82, 2.24) is 15.1 Å². The molecule has 2 fully saturated rings. The Morgan fingerprint density at radius 3 is 2.50 bits per heavy atom. The van der Waals surface area contributed by atoms with Gasteiger partial charge in [-0.3, -0.25) is 14.7 Å². The first kappa shape index (κ1) is 25.0. The van der Waals surface area contributed by atoms with E-state index in [-0.39, 0.29) is 41.9 Å². The molecule has 0 aromatic carbocycles. The Kier molecular flexibility index (Phi) is 10.4. The average Bonchev–Trinajstić information content (AvgIpc) is 3.40. The Morgan fingerprint density at radius 1 is 1.23 bits per heavy atom. The number of likely N-dealkylation sites (tertiary alicyclic amines) is 2. The Hall–Kier alpha value is -1.29. The van der Waals surface area contributed by atoms with Gasteiger partial charge in [0, 0.05) is 19.6 Å². The SMILES string of the molecule is CCNC(=NCC(c1ccc(C)o1)N1CCCC1)N1CCC(C(=O)OCC)CC1.I. The molecule has 0 radical (unpaired) electrons. The molecule has 8 heteroatoms. The van der Waals surface area contributed by atoms with Crippen LogP contribution in [0.1, 0.15) is 57.1 Å². The number of furan rings is 1. The van der Waals surface area contributed by atoms with Crippen molar-refractivity contribution in [2.75, 3.05) is 45.9 Å². The van der Waals surface area contributed by atoms with E-state index in [1.165, 1.54) is 12.8 Å². The van der Waals surface area contributed by atoms with Crippen LogP contribution < -0.4 is 5.32 Å². The number of guanidine groups is 1. The van der Waals surface area contributed by atoms with Gasteiger partial charge in [0.1, 0.15) is 11.5 Å². The van der Waals surface area contributed by atoms with E-state index in [1.807, 2.05) is 19.9 Å². The largest absolute Gasteiger partial charge is 0.466 e.